The number of hydrogen-bond donors (Lipinski definition) is 2. The highest BCUT2D eigenvalue weighted by molar-refractivity contribution is 6.34. The molecular weight excluding hydrogens is 308 g/mol. The Morgan fingerprint density at radius 3 is 2.33 bits per heavy atom. The minimum Gasteiger partial charge on any atom is -0.506 e. The highest BCUT2D eigenvalue weighted by atomic mass is 16.4. The predicted molar refractivity (Wildman–Crippen MR) is 88.0 cm³/mol. The molecule has 0 radical (unpaired) electrons. The average Bonchev–Trinajstić information content (AvgIpc) is 2.59. The number of aromatic hydroxyl groups is 1. The molecule has 0 saturated heterocycles. The number of carboxylic acid groups (broad SMARTS) is 1. The molecule has 1 aliphatic rings. The number of hydrogen-bond acceptors (Lipinski definition) is 5. The van der Waals surface area contributed by atoms with Crippen LogP contribution >= 0.6 is 0 Å². The Bertz CT molecular complexity index is 891. The van der Waals surface area contributed by atoms with Gasteiger partial charge in [-0.3, -0.25) is 14.8 Å². The molecule has 0 spiro atoms. The van der Waals surface area contributed by atoms with Crippen LogP contribution in [-0.4, -0.2) is 33.2 Å². The summed E-state index contributed by atoms with van der Waals surface area (Å²) in [5.74, 6) is -1.34. The summed E-state index contributed by atoms with van der Waals surface area (Å²) in [6, 6.07) is 9.50. The van der Waals surface area contributed by atoms with E-state index in [-0.39, 0.29) is 17.1 Å². The van der Waals surface area contributed by atoms with Crippen LogP contribution in [-0.2, 0) is 4.79 Å². The van der Waals surface area contributed by atoms with Crippen molar-refractivity contribution < 1.29 is 19.8 Å². The van der Waals surface area contributed by atoms with Crippen LogP contribution < -0.4 is 0 Å². The standard InChI is InChI=1S/C18H12N2O4/c21-11-5-7-15(19-9-11)17(16-8-6-12(22)10-20-16)13-3-1-2-4-14(13)18(23)24/h1-10,21H,(H,23,24)/b17-16+. The number of allylic oxidation sites excluding steroid dienone is 2. The molecule has 0 bridgehead atoms. The summed E-state index contributed by atoms with van der Waals surface area (Å²) in [7, 11) is 0. The molecule has 118 valence electrons. The summed E-state index contributed by atoms with van der Waals surface area (Å²) in [6.45, 7) is 0. The molecule has 1 aromatic carbocycles. The van der Waals surface area contributed by atoms with Crippen molar-refractivity contribution >= 4 is 23.5 Å². The lowest BCUT2D eigenvalue weighted by molar-refractivity contribution is -0.108. The summed E-state index contributed by atoms with van der Waals surface area (Å²) in [4.78, 5) is 31.1. The molecule has 3 rings (SSSR count). The third-order valence-corrected chi connectivity index (χ3v) is 3.42. The lowest BCUT2D eigenvalue weighted by atomic mass is 9.94. The first-order chi connectivity index (χ1) is 11.6. The van der Waals surface area contributed by atoms with E-state index in [1.54, 1.807) is 24.3 Å². The maximum atomic E-state index is 11.6. The second-order valence-electron chi connectivity index (χ2n) is 5.01. The fourth-order valence-electron chi connectivity index (χ4n) is 2.36. The van der Waals surface area contributed by atoms with Crippen LogP contribution in [0.2, 0.25) is 0 Å². The number of pyridine rings is 1. The minimum absolute atomic E-state index is 0.00696. The Morgan fingerprint density at radius 1 is 1.00 bits per heavy atom. The number of carbonyl (C=O) groups excluding carboxylic acids is 1. The third-order valence-electron chi connectivity index (χ3n) is 3.42. The van der Waals surface area contributed by atoms with E-state index in [4.69, 9.17) is 0 Å². The second-order valence-corrected chi connectivity index (χ2v) is 5.01. The van der Waals surface area contributed by atoms with Gasteiger partial charge < -0.3 is 10.2 Å². The van der Waals surface area contributed by atoms with E-state index >= 15 is 0 Å². The Kier molecular flexibility index (Phi) is 4.03. The number of ketones is 1. The van der Waals surface area contributed by atoms with Crippen LogP contribution in [0.4, 0.5) is 0 Å². The number of carboxylic acids is 1. The number of rotatable bonds is 3. The van der Waals surface area contributed by atoms with Gasteiger partial charge in [0, 0.05) is 11.1 Å². The number of aromatic carboxylic acids is 1. The van der Waals surface area contributed by atoms with Gasteiger partial charge in [-0.2, -0.15) is 0 Å². The molecule has 2 heterocycles. The minimum atomic E-state index is -1.08. The van der Waals surface area contributed by atoms with Crippen molar-refractivity contribution in [2.75, 3.05) is 0 Å². The van der Waals surface area contributed by atoms with Crippen molar-refractivity contribution in [3.05, 3.63) is 77.3 Å². The molecule has 1 aromatic heterocycles. The van der Waals surface area contributed by atoms with E-state index in [9.17, 15) is 19.8 Å². The smallest absolute Gasteiger partial charge is 0.336 e. The molecule has 2 N–H and O–H groups in total. The van der Waals surface area contributed by atoms with Gasteiger partial charge in [-0.15, -0.1) is 0 Å². The van der Waals surface area contributed by atoms with Crippen LogP contribution in [0, 0.1) is 0 Å². The quantitative estimate of drug-likeness (QED) is 0.905. The predicted octanol–water partition coefficient (Wildman–Crippen LogP) is 2.45. The van der Waals surface area contributed by atoms with Crippen LogP contribution in [0.3, 0.4) is 0 Å². The van der Waals surface area contributed by atoms with Gasteiger partial charge in [0.2, 0.25) is 0 Å². The average molecular weight is 320 g/mol. The molecule has 0 atom stereocenters. The first kappa shape index (κ1) is 15.4. The molecule has 0 saturated carbocycles. The molecule has 0 amide bonds. The van der Waals surface area contributed by atoms with Crippen molar-refractivity contribution in [2.24, 2.45) is 4.99 Å². The molecule has 6 nitrogen and oxygen atoms in total. The summed E-state index contributed by atoms with van der Waals surface area (Å²) in [5.41, 5.74) is 1.84. The van der Waals surface area contributed by atoms with Crippen molar-refractivity contribution in [1.29, 1.82) is 0 Å². The van der Waals surface area contributed by atoms with Gasteiger partial charge in [0.25, 0.3) is 0 Å². The summed E-state index contributed by atoms with van der Waals surface area (Å²) < 4.78 is 0. The molecule has 24 heavy (non-hydrogen) atoms. The van der Waals surface area contributed by atoms with E-state index in [0.717, 1.165) is 0 Å². The Hall–Kier alpha value is -3.54. The van der Waals surface area contributed by atoms with Crippen molar-refractivity contribution in [3.8, 4) is 5.75 Å². The van der Waals surface area contributed by atoms with Crippen molar-refractivity contribution in [3.63, 3.8) is 0 Å². The summed E-state index contributed by atoms with van der Waals surface area (Å²) in [6.07, 6.45) is 5.30. The molecule has 6 heteroatoms. The van der Waals surface area contributed by atoms with Crippen LogP contribution in [0.25, 0.3) is 5.57 Å². The fraction of sp³-hybridized carbons (Fsp3) is 0. The SMILES string of the molecule is O=C1C=C/C(=C(\c2ccc(O)cn2)c2ccccc2C(=O)O)N=C1. The van der Waals surface area contributed by atoms with Gasteiger partial charge in [-0.05, 0) is 30.4 Å². The number of dihydropyridines is 1. The maximum absolute atomic E-state index is 11.6. The van der Waals surface area contributed by atoms with Crippen molar-refractivity contribution in [1.82, 2.24) is 4.98 Å². The Morgan fingerprint density at radius 2 is 1.75 bits per heavy atom. The van der Waals surface area contributed by atoms with E-state index in [1.165, 1.54) is 36.7 Å². The number of benzene rings is 1. The first-order valence-corrected chi connectivity index (χ1v) is 7.05. The summed E-state index contributed by atoms with van der Waals surface area (Å²) >= 11 is 0. The second kappa shape index (κ2) is 6.29. The van der Waals surface area contributed by atoms with Crippen LogP contribution in [0.5, 0.6) is 5.75 Å². The van der Waals surface area contributed by atoms with E-state index in [1.807, 2.05) is 0 Å². The molecule has 0 fully saturated rings. The van der Waals surface area contributed by atoms with E-state index in [0.29, 0.717) is 22.5 Å². The first-order valence-electron chi connectivity index (χ1n) is 7.05. The molecular formula is C18H12N2O4. The fourth-order valence-corrected chi connectivity index (χ4v) is 2.36. The Balaban J connectivity index is 2.28. The normalized spacial score (nSPS) is 15.4. The number of aliphatic imine (C=N–C) groups is 1. The van der Waals surface area contributed by atoms with Gasteiger partial charge in [-0.25, -0.2) is 4.79 Å². The van der Waals surface area contributed by atoms with E-state index in [2.05, 4.69) is 9.98 Å². The van der Waals surface area contributed by atoms with Crippen LogP contribution in [0.15, 0.2) is 65.4 Å². The van der Waals surface area contributed by atoms with Gasteiger partial charge in [0.15, 0.2) is 5.78 Å². The topological polar surface area (TPSA) is 99.8 Å². The number of nitrogens with zero attached hydrogens (tertiary/aromatic N) is 2. The van der Waals surface area contributed by atoms with Gasteiger partial charge >= 0.3 is 5.97 Å². The zero-order valence-corrected chi connectivity index (χ0v) is 12.4. The molecule has 0 unspecified atom stereocenters. The highest BCUT2D eigenvalue weighted by Crippen LogP contribution is 2.31. The zero-order chi connectivity index (χ0) is 17.1. The third kappa shape index (κ3) is 2.98. The zero-order valence-electron chi connectivity index (χ0n) is 12.4. The van der Waals surface area contributed by atoms with Gasteiger partial charge in [-0.1, -0.05) is 18.2 Å². The van der Waals surface area contributed by atoms with Crippen LogP contribution in [0.1, 0.15) is 21.6 Å². The monoisotopic (exact) mass is 320 g/mol. The lowest BCUT2D eigenvalue weighted by Gasteiger charge is -2.14. The molecule has 1 aliphatic heterocycles. The number of aromatic nitrogens is 1. The Labute approximate surface area is 137 Å². The summed E-state index contributed by atoms with van der Waals surface area (Å²) in [5, 5.41) is 18.9. The lowest BCUT2D eigenvalue weighted by Crippen LogP contribution is -2.06. The molecule has 2 aromatic rings. The van der Waals surface area contributed by atoms with Crippen molar-refractivity contribution in [2.45, 2.75) is 0 Å². The highest BCUT2D eigenvalue weighted by Gasteiger charge is 2.19. The van der Waals surface area contributed by atoms with Gasteiger partial charge in [0.1, 0.15) is 5.75 Å². The maximum Gasteiger partial charge on any atom is 0.336 e. The number of carbonyl (C=O) groups is 2. The van der Waals surface area contributed by atoms with E-state index < -0.39 is 5.97 Å². The largest absolute Gasteiger partial charge is 0.506 e. The molecule has 0 aliphatic carbocycles. The van der Waals surface area contributed by atoms with Gasteiger partial charge in [0.05, 0.1) is 29.4 Å².